The number of halogens is 1. The summed E-state index contributed by atoms with van der Waals surface area (Å²) >= 11 is 3.48. The van der Waals surface area contributed by atoms with E-state index in [4.69, 9.17) is 4.52 Å². The van der Waals surface area contributed by atoms with Crippen LogP contribution in [0, 0.1) is 5.92 Å². The number of nitrogens with one attached hydrogen (secondary N) is 1. The monoisotopic (exact) mass is 391 g/mol. The van der Waals surface area contributed by atoms with E-state index in [2.05, 4.69) is 64.3 Å². The molecular formula is C18H22BrN3O2. The van der Waals surface area contributed by atoms with Crippen LogP contribution in [0.25, 0.3) is 0 Å². The number of carbonyl (C=O) groups is 1. The van der Waals surface area contributed by atoms with Crippen LogP contribution in [-0.2, 0) is 10.2 Å². The zero-order chi connectivity index (χ0) is 17.3. The number of hydrogen-bond donors (Lipinski definition) is 1. The van der Waals surface area contributed by atoms with E-state index in [1.807, 2.05) is 12.1 Å². The summed E-state index contributed by atoms with van der Waals surface area (Å²) < 4.78 is 6.55. The Hall–Kier alpha value is -1.69. The molecular weight excluding hydrogens is 370 g/mol. The average molecular weight is 392 g/mol. The van der Waals surface area contributed by atoms with Crippen LogP contribution in [0.5, 0.6) is 0 Å². The predicted octanol–water partition coefficient (Wildman–Crippen LogP) is 4.14. The topological polar surface area (TPSA) is 68.0 Å². The normalized spacial score (nSPS) is 20.7. The maximum absolute atomic E-state index is 11.6. The highest BCUT2D eigenvalue weighted by Crippen LogP contribution is 2.38. The lowest BCUT2D eigenvalue weighted by molar-refractivity contribution is -0.123. The SMILES string of the molecule is CC(C)C(C)(c1ccc(Br)cc1)c1noc(C2CCCC(=O)N2)n1. The van der Waals surface area contributed by atoms with Gasteiger partial charge < -0.3 is 9.84 Å². The molecule has 1 aromatic carbocycles. The molecule has 24 heavy (non-hydrogen) atoms. The number of aromatic nitrogens is 2. The fourth-order valence-electron chi connectivity index (χ4n) is 3.10. The molecule has 1 amide bonds. The number of benzene rings is 1. The molecule has 128 valence electrons. The molecule has 1 fully saturated rings. The van der Waals surface area contributed by atoms with Gasteiger partial charge in [-0.15, -0.1) is 0 Å². The van der Waals surface area contributed by atoms with E-state index >= 15 is 0 Å². The van der Waals surface area contributed by atoms with Crippen LogP contribution in [0.1, 0.15) is 63.4 Å². The van der Waals surface area contributed by atoms with Crippen molar-refractivity contribution >= 4 is 21.8 Å². The van der Waals surface area contributed by atoms with Crippen molar-refractivity contribution in [2.75, 3.05) is 0 Å². The van der Waals surface area contributed by atoms with Crippen molar-refractivity contribution in [2.45, 2.75) is 51.5 Å². The molecule has 0 bridgehead atoms. The zero-order valence-electron chi connectivity index (χ0n) is 14.2. The van der Waals surface area contributed by atoms with Gasteiger partial charge >= 0.3 is 0 Å². The largest absolute Gasteiger partial charge is 0.344 e. The number of rotatable bonds is 4. The highest BCUT2D eigenvalue weighted by atomic mass is 79.9. The van der Waals surface area contributed by atoms with Crippen LogP contribution in [0.3, 0.4) is 0 Å². The molecule has 1 aliphatic heterocycles. The minimum absolute atomic E-state index is 0.0468. The van der Waals surface area contributed by atoms with E-state index in [9.17, 15) is 4.79 Å². The Kier molecular flexibility index (Phi) is 4.76. The quantitative estimate of drug-likeness (QED) is 0.850. The lowest BCUT2D eigenvalue weighted by Crippen LogP contribution is -2.33. The van der Waals surface area contributed by atoms with Gasteiger partial charge in [0.05, 0.1) is 5.41 Å². The van der Waals surface area contributed by atoms with E-state index in [-0.39, 0.29) is 23.3 Å². The molecule has 1 saturated heterocycles. The number of carbonyl (C=O) groups excluding carboxylic acids is 1. The van der Waals surface area contributed by atoms with Gasteiger partial charge in [-0.05, 0) is 43.4 Å². The maximum Gasteiger partial charge on any atom is 0.249 e. The summed E-state index contributed by atoms with van der Waals surface area (Å²) in [6.45, 7) is 6.44. The number of hydrogen-bond acceptors (Lipinski definition) is 4. The molecule has 0 radical (unpaired) electrons. The first-order chi connectivity index (χ1) is 11.4. The maximum atomic E-state index is 11.6. The van der Waals surface area contributed by atoms with Crippen LogP contribution < -0.4 is 5.32 Å². The summed E-state index contributed by atoms with van der Waals surface area (Å²) in [5, 5.41) is 7.19. The highest BCUT2D eigenvalue weighted by molar-refractivity contribution is 9.10. The van der Waals surface area contributed by atoms with Gasteiger partial charge in [0.15, 0.2) is 5.82 Å². The zero-order valence-corrected chi connectivity index (χ0v) is 15.8. The van der Waals surface area contributed by atoms with Gasteiger partial charge in [0.1, 0.15) is 6.04 Å². The summed E-state index contributed by atoms with van der Waals surface area (Å²) in [5.41, 5.74) is 0.780. The van der Waals surface area contributed by atoms with Crippen LogP contribution in [0.4, 0.5) is 0 Å². The first-order valence-electron chi connectivity index (χ1n) is 8.30. The molecule has 1 N–H and O–H groups in total. The second-order valence-corrected chi connectivity index (χ2v) is 7.75. The lowest BCUT2D eigenvalue weighted by atomic mass is 9.73. The Labute approximate surface area is 150 Å². The van der Waals surface area contributed by atoms with Gasteiger partial charge in [0, 0.05) is 10.9 Å². The van der Waals surface area contributed by atoms with Crippen molar-refractivity contribution in [3.8, 4) is 0 Å². The summed E-state index contributed by atoms with van der Waals surface area (Å²) in [6.07, 6.45) is 2.26. The minimum Gasteiger partial charge on any atom is -0.344 e. The number of amides is 1. The molecule has 2 atom stereocenters. The van der Waals surface area contributed by atoms with Crippen LogP contribution in [0.2, 0.25) is 0 Å². The van der Waals surface area contributed by atoms with Crippen LogP contribution in [-0.4, -0.2) is 16.0 Å². The molecule has 0 aliphatic carbocycles. The van der Waals surface area contributed by atoms with Gasteiger partial charge in [-0.25, -0.2) is 0 Å². The summed E-state index contributed by atoms with van der Waals surface area (Å²) in [4.78, 5) is 16.3. The van der Waals surface area contributed by atoms with Crippen LogP contribution in [0.15, 0.2) is 33.3 Å². The van der Waals surface area contributed by atoms with Gasteiger partial charge in [-0.2, -0.15) is 4.98 Å². The first-order valence-corrected chi connectivity index (χ1v) is 9.10. The Balaban J connectivity index is 1.95. The molecule has 1 aromatic heterocycles. The van der Waals surface area contributed by atoms with Crippen molar-refractivity contribution in [1.29, 1.82) is 0 Å². The van der Waals surface area contributed by atoms with Crippen molar-refractivity contribution in [2.24, 2.45) is 5.92 Å². The Bertz CT molecular complexity index is 726. The second kappa shape index (κ2) is 6.67. The van der Waals surface area contributed by atoms with E-state index in [0.29, 0.717) is 18.1 Å². The molecule has 2 unspecified atom stereocenters. The molecule has 3 rings (SSSR count). The third kappa shape index (κ3) is 3.11. The average Bonchev–Trinajstić information content (AvgIpc) is 3.05. The first kappa shape index (κ1) is 17.1. The number of nitrogens with zero attached hydrogens (tertiary/aromatic N) is 2. The van der Waals surface area contributed by atoms with E-state index < -0.39 is 0 Å². The van der Waals surface area contributed by atoms with Gasteiger partial charge in [-0.1, -0.05) is 47.1 Å². The fourth-order valence-corrected chi connectivity index (χ4v) is 3.36. The molecule has 2 heterocycles. The molecule has 0 spiro atoms. The van der Waals surface area contributed by atoms with Crippen molar-refractivity contribution in [3.05, 3.63) is 46.0 Å². The third-order valence-corrected chi connectivity index (χ3v) is 5.56. The predicted molar refractivity (Wildman–Crippen MR) is 94.5 cm³/mol. The van der Waals surface area contributed by atoms with Gasteiger partial charge in [-0.3, -0.25) is 4.79 Å². The lowest BCUT2D eigenvalue weighted by Gasteiger charge is -2.31. The van der Waals surface area contributed by atoms with E-state index in [1.165, 1.54) is 0 Å². The summed E-state index contributed by atoms with van der Waals surface area (Å²) in [6, 6.07) is 8.05. The molecule has 0 saturated carbocycles. The minimum atomic E-state index is -0.360. The molecule has 5 nitrogen and oxygen atoms in total. The molecule has 6 heteroatoms. The van der Waals surface area contributed by atoms with Crippen molar-refractivity contribution in [1.82, 2.24) is 15.5 Å². The fraction of sp³-hybridized carbons (Fsp3) is 0.500. The van der Waals surface area contributed by atoms with Crippen molar-refractivity contribution < 1.29 is 9.32 Å². The van der Waals surface area contributed by atoms with E-state index in [1.54, 1.807) is 0 Å². The highest BCUT2D eigenvalue weighted by Gasteiger charge is 2.38. The third-order valence-electron chi connectivity index (χ3n) is 5.03. The van der Waals surface area contributed by atoms with E-state index in [0.717, 1.165) is 22.9 Å². The standard InChI is InChI=1S/C18H22BrN3O2/c1-11(2)18(3,12-7-9-13(19)10-8-12)17-21-16(24-22-17)14-5-4-6-15(23)20-14/h7-11,14H,4-6H2,1-3H3,(H,20,23). The smallest absolute Gasteiger partial charge is 0.249 e. The number of piperidine rings is 1. The Morgan fingerprint density at radius 1 is 1.33 bits per heavy atom. The van der Waals surface area contributed by atoms with Crippen LogP contribution >= 0.6 is 15.9 Å². The molecule has 2 aromatic rings. The summed E-state index contributed by atoms with van der Waals surface area (Å²) in [5.74, 6) is 1.49. The van der Waals surface area contributed by atoms with Crippen molar-refractivity contribution in [3.63, 3.8) is 0 Å². The summed E-state index contributed by atoms with van der Waals surface area (Å²) in [7, 11) is 0. The van der Waals surface area contributed by atoms with Gasteiger partial charge in [0.2, 0.25) is 11.8 Å². The molecule has 1 aliphatic rings. The Morgan fingerprint density at radius 2 is 2.04 bits per heavy atom. The van der Waals surface area contributed by atoms with Gasteiger partial charge in [0.25, 0.3) is 0 Å². The second-order valence-electron chi connectivity index (χ2n) is 6.83. The Morgan fingerprint density at radius 3 is 2.67 bits per heavy atom.